The van der Waals surface area contributed by atoms with E-state index in [9.17, 15) is 4.79 Å². The lowest BCUT2D eigenvalue weighted by Gasteiger charge is -2.05. The molecule has 9 heteroatoms. The van der Waals surface area contributed by atoms with E-state index in [0.29, 0.717) is 35.3 Å². The van der Waals surface area contributed by atoms with E-state index in [0.717, 1.165) is 11.2 Å². The van der Waals surface area contributed by atoms with E-state index >= 15 is 0 Å². The Morgan fingerprint density at radius 3 is 2.72 bits per heavy atom. The van der Waals surface area contributed by atoms with Crippen LogP contribution in [0.3, 0.4) is 0 Å². The molecule has 0 fully saturated rings. The maximum Gasteiger partial charge on any atom is 0.342 e. The highest BCUT2D eigenvalue weighted by Gasteiger charge is 2.18. The third kappa shape index (κ3) is 3.79. The highest BCUT2D eigenvalue weighted by molar-refractivity contribution is 5.90. The zero-order valence-electron chi connectivity index (χ0n) is 16.4. The smallest absolute Gasteiger partial charge is 0.342 e. The quantitative estimate of drug-likeness (QED) is 0.465. The lowest BCUT2D eigenvalue weighted by Crippen LogP contribution is -2.08. The molecular formula is C20H20N6O3. The van der Waals surface area contributed by atoms with Gasteiger partial charge in [-0.3, -0.25) is 0 Å². The van der Waals surface area contributed by atoms with Gasteiger partial charge in [0.25, 0.3) is 0 Å². The minimum atomic E-state index is -0.471. The molecule has 0 N–H and O–H groups in total. The lowest BCUT2D eigenvalue weighted by molar-refractivity contribution is 0.0467. The summed E-state index contributed by atoms with van der Waals surface area (Å²) in [6, 6.07) is 7.34. The van der Waals surface area contributed by atoms with Crippen LogP contribution < -0.4 is 4.74 Å². The van der Waals surface area contributed by atoms with Crippen molar-refractivity contribution in [3.63, 3.8) is 0 Å². The van der Waals surface area contributed by atoms with Gasteiger partial charge in [-0.2, -0.15) is 5.10 Å². The van der Waals surface area contributed by atoms with Crippen LogP contribution in [0.4, 0.5) is 0 Å². The molecule has 0 amide bonds. The first kappa shape index (κ1) is 18.6. The molecule has 0 atom stereocenters. The Hall–Kier alpha value is -3.75. The van der Waals surface area contributed by atoms with E-state index in [1.807, 2.05) is 42.8 Å². The second kappa shape index (κ2) is 7.70. The molecule has 0 aliphatic carbocycles. The van der Waals surface area contributed by atoms with Crippen molar-refractivity contribution < 1.29 is 14.3 Å². The van der Waals surface area contributed by atoms with E-state index in [-0.39, 0.29) is 6.61 Å². The largest absolute Gasteiger partial charge is 0.477 e. The predicted molar refractivity (Wildman–Crippen MR) is 104 cm³/mol. The predicted octanol–water partition coefficient (Wildman–Crippen LogP) is 2.68. The van der Waals surface area contributed by atoms with Crippen LogP contribution in [0, 0.1) is 13.8 Å². The van der Waals surface area contributed by atoms with Crippen molar-refractivity contribution in [2.24, 2.45) is 0 Å². The molecule has 0 spiro atoms. The standard InChI is InChI=1S/C20H20N6O3/c1-4-28-19-8-7-18(23-24-19)26-14(3)16(9-21-26)20(27)29-12-15-11-25-10-13(2)5-6-17(25)22-15/h5-11H,4,12H2,1-3H3. The number of nitrogens with zero attached hydrogens (tertiary/aromatic N) is 6. The van der Waals surface area contributed by atoms with Gasteiger partial charge in [0, 0.05) is 18.5 Å². The third-order valence-corrected chi connectivity index (χ3v) is 4.36. The molecule has 4 heterocycles. The highest BCUT2D eigenvalue weighted by atomic mass is 16.5. The third-order valence-electron chi connectivity index (χ3n) is 4.36. The number of rotatable bonds is 6. The number of esters is 1. The van der Waals surface area contributed by atoms with Gasteiger partial charge in [0.05, 0.1) is 24.2 Å². The van der Waals surface area contributed by atoms with E-state index in [4.69, 9.17) is 9.47 Å². The Kier molecular flexibility index (Phi) is 4.94. The second-order valence-corrected chi connectivity index (χ2v) is 6.50. The summed E-state index contributed by atoms with van der Waals surface area (Å²) in [6.45, 7) is 6.24. The lowest BCUT2D eigenvalue weighted by atomic mass is 10.2. The molecule has 0 aliphatic heterocycles. The van der Waals surface area contributed by atoms with Crippen molar-refractivity contribution >= 4 is 11.6 Å². The Morgan fingerprint density at radius 2 is 1.97 bits per heavy atom. The van der Waals surface area contributed by atoms with Gasteiger partial charge in [-0.15, -0.1) is 10.2 Å². The van der Waals surface area contributed by atoms with Gasteiger partial charge in [-0.25, -0.2) is 14.5 Å². The van der Waals surface area contributed by atoms with Crippen molar-refractivity contribution in [2.45, 2.75) is 27.4 Å². The molecule has 148 valence electrons. The number of hydrogen-bond acceptors (Lipinski definition) is 7. The van der Waals surface area contributed by atoms with Crippen LogP contribution in [0.25, 0.3) is 11.5 Å². The number of pyridine rings is 1. The Labute approximate surface area is 166 Å². The average Bonchev–Trinajstić information content (AvgIpc) is 3.30. The molecular weight excluding hydrogens is 372 g/mol. The molecule has 4 rings (SSSR count). The summed E-state index contributed by atoms with van der Waals surface area (Å²) in [5.74, 6) is 0.449. The summed E-state index contributed by atoms with van der Waals surface area (Å²) >= 11 is 0. The van der Waals surface area contributed by atoms with Crippen LogP contribution in [-0.2, 0) is 11.3 Å². The molecule has 29 heavy (non-hydrogen) atoms. The Balaban J connectivity index is 1.47. The van der Waals surface area contributed by atoms with Crippen LogP contribution in [0.1, 0.15) is 34.2 Å². The van der Waals surface area contributed by atoms with Gasteiger partial charge in [0.2, 0.25) is 5.88 Å². The first-order valence-electron chi connectivity index (χ1n) is 9.18. The number of aromatic nitrogens is 6. The van der Waals surface area contributed by atoms with Gasteiger partial charge >= 0.3 is 5.97 Å². The zero-order chi connectivity index (χ0) is 20.4. The van der Waals surface area contributed by atoms with Crippen molar-refractivity contribution in [1.82, 2.24) is 29.4 Å². The van der Waals surface area contributed by atoms with Crippen molar-refractivity contribution in [3.05, 3.63) is 65.4 Å². The summed E-state index contributed by atoms with van der Waals surface area (Å²) in [6.07, 6.45) is 5.28. The molecule has 0 aromatic carbocycles. The van der Waals surface area contributed by atoms with Gasteiger partial charge < -0.3 is 13.9 Å². The van der Waals surface area contributed by atoms with Crippen LogP contribution in [-0.4, -0.2) is 41.9 Å². The molecule has 4 aromatic heterocycles. The number of fused-ring (bicyclic) bond motifs is 1. The minimum absolute atomic E-state index is 0.0764. The molecule has 0 bridgehead atoms. The molecule has 9 nitrogen and oxygen atoms in total. The van der Waals surface area contributed by atoms with Gasteiger partial charge in [0.15, 0.2) is 5.82 Å². The fraction of sp³-hybridized carbons (Fsp3) is 0.250. The SMILES string of the molecule is CCOc1ccc(-n2ncc(C(=O)OCc3cn4cc(C)ccc4n3)c2C)nn1. The minimum Gasteiger partial charge on any atom is -0.477 e. The maximum atomic E-state index is 12.5. The first-order chi connectivity index (χ1) is 14.0. The van der Waals surface area contributed by atoms with E-state index in [1.54, 1.807) is 19.1 Å². The number of ether oxygens (including phenoxy) is 2. The van der Waals surface area contributed by atoms with Crippen molar-refractivity contribution in [1.29, 1.82) is 0 Å². The zero-order valence-corrected chi connectivity index (χ0v) is 16.4. The van der Waals surface area contributed by atoms with Crippen LogP contribution in [0.5, 0.6) is 5.88 Å². The van der Waals surface area contributed by atoms with Crippen LogP contribution in [0.15, 0.2) is 42.9 Å². The summed E-state index contributed by atoms with van der Waals surface area (Å²) in [5.41, 5.74) is 3.57. The first-order valence-corrected chi connectivity index (χ1v) is 9.18. The Morgan fingerprint density at radius 1 is 1.10 bits per heavy atom. The van der Waals surface area contributed by atoms with Crippen molar-refractivity contribution in [2.75, 3.05) is 6.61 Å². The van der Waals surface area contributed by atoms with E-state index < -0.39 is 5.97 Å². The summed E-state index contributed by atoms with van der Waals surface area (Å²) in [5, 5.41) is 12.3. The monoisotopic (exact) mass is 392 g/mol. The molecule has 0 aliphatic rings. The summed E-state index contributed by atoms with van der Waals surface area (Å²) < 4.78 is 14.2. The number of carbonyl (C=O) groups is 1. The second-order valence-electron chi connectivity index (χ2n) is 6.50. The van der Waals surface area contributed by atoms with E-state index in [2.05, 4.69) is 20.3 Å². The number of hydrogen-bond donors (Lipinski definition) is 0. The molecule has 0 saturated carbocycles. The van der Waals surface area contributed by atoms with Gasteiger partial charge in [0.1, 0.15) is 17.8 Å². The molecule has 0 saturated heterocycles. The maximum absolute atomic E-state index is 12.5. The number of carbonyl (C=O) groups excluding carboxylic acids is 1. The topological polar surface area (TPSA) is 96.4 Å². The number of aryl methyl sites for hydroxylation is 1. The average molecular weight is 392 g/mol. The van der Waals surface area contributed by atoms with Crippen LogP contribution >= 0.6 is 0 Å². The van der Waals surface area contributed by atoms with E-state index in [1.165, 1.54) is 10.9 Å². The van der Waals surface area contributed by atoms with Crippen LogP contribution in [0.2, 0.25) is 0 Å². The number of imidazole rings is 1. The normalized spacial score (nSPS) is 11.0. The molecule has 4 aromatic rings. The Bertz CT molecular complexity index is 1160. The summed E-state index contributed by atoms with van der Waals surface area (Å²) in [7, 11) is 0. The summed E-state index contributed by atoms with van der Waals surface area (Å²) in [4.78, 5) is 17.0. The van der Waals surface area contributed by atoms with Crippen molar-refractivity contribution in [3.8, 4) is 11.7 Å². The molecule has 0 radical (unpaired) electrons. The van der Waals surface area contributed by atoms with Gasteiger partial charge in [-0.1, -0.05) is 6.07 Å². The molecule has 0 unspecified atom stereocenters. The highest BCUT2D eigenvalue weighted by Crippen LogP contribution is 2.16. The fourth-order valence-corrected chi connectivity index (χ4v) is 2.93. The van der Waals surface area contributed by atoms with Gasteiger partial charge in [-0.05, 0) is 38.5 Å². The fourth-order valence-electron chi connectivity index (χ4n) is 2.93.